The molecule has 2 unspecified atom stereocenters. The van der Waals surface area contributed by atoms with Crippen LogP contribution in [0.5, 0.6) is 5.75 Å². The largest absolute Gasteiger partial charge is 0.507 e. The summed E-state index contributed by atoms with van der Waals surface area (Å²) in [4.78, 5) is 2.24. The first-order valence-corrected chi connectivity index (χ1v) is 9.45. The molecule has 0 spiro atoms. The quantitative estimate of drug-likeness (QED) is 0.740. The summed E-state index contributed by atoms with van der Waals surface area (Å²) < 4.78 is 0. The highest BCUT2D eigenvalue weighted by atomic mass is 16.3. The predicted octanol–water partition coefficient (Wildman–Crippen LogP) is 2.51. The van der Waals surface area contributed by atoms with E-state index in [1.54, 1.807) is 18.3 Å². The van der Waals surface area contributed by atoms with Crippen molar-refractivity contribution < 1.29 is 5.11 Å². The van der Waals surface area contributed by atoms with Crippen LogP contribution in [0.4, 0.5) is 5.82 Å². The van der Waals surface area contributed by atoms with Crippen LogP contribution in [-0.2, 0) is 0 Å². The lowest BCUT2D eigenvalue weighted by molar-refractivity contribution is 0.353. The summed E-state index contributed by atoms with van der Waals surface area (Å²) in [5.41, 5.74) is 1.96. The minimum Gasteiger partial charge on any atom is -0.507 e. The van der Waals surface area contributed by atoms with Gasteiger partial charge in [0.15, 0.2) is 5.82 Å². The normalized spacial score (nSPS) is 24.3. The summed E-state index contributed by atoms with van der Waals surface area (Å²) in [5.74, 6) is 1.03. The van der Waals surface area contributed by atoms with Crippen molar-refractivity contribution >= 4 is 16.7 Å². The number of hydrogen-bond acceptors (Lipinski definition) is 7. The molecule has 0 amide bonds. The second-order valence-electron chi connectivity index (χ2n) is 7.61. The van der Waals surface area contributed by atoms with Crippen LogP contribution in [-0.4, -0.2) is 50.7 Å². The minimum atomic E-state index is 0.167. The van der Waals surface area contributed by atoms with E-state index in [9.17, 15) is 5.11 Å². The number of anilines is 1. The maximum Gasteiger partial charge on any atom is 0.151 e. The number of phenols is 1. The van der Waals surface area contributed by atoms with Gasteiger partial charge in [-0.05, 0) is 56.0 Å². The minimum absolute atomic E-state index is 0.167. The molecular formula is C20H22N6O. The Labute approximate surface area is 157 Å². The number of aromatic hydroxyl groups is 1. The molecule has 27 heavy (non-hydrogen) atoms. The van der Waals surface area contributed by atoms with E-state index in [-0.39, 0.29) is 5.75 Å². The summed E-state index contributed by atoms with van der Waals surface area (Å²) in [6, 6.07) is 11.0. The number of piperidine rings is 1. The lowest BCUT2D eigenvalue weighted by Crippen LogP contribution is -2.47. The van der Waals surface area contributed by atoms with E-state index >= 15 is 0 Å². The average molecular weight is 362 g/mol. The summed E-state index contributed by atoms with van der Waals surface area (Å²) in [7, 11) is 2.10. The molecule has 2 fully saturated rings. The Morgan fingerprint density at radius 2 is 1.85 bits per heavy atom. The fourth-order valence-corrected chi connectivity index (χ4v) is 4.41. The maximum atomic E-state index is 10.4. The zero-order valence-electron chi connectivity index (χ0n) is 15.2. The molecule has 2 saturated heterocycles. The van der Waals surface area contributed by atoms with Crippen LogP contribution in [0.15, 0.2) is 36.5 Å². The molecule has 2 bridgehead atoms. The van der Waals surface area contributed by atoms with Crippen LogP contribution < -0.4 is 10.2 Å². The first kappa shape index (κ1) is 16.4. The molecule has 2 aliphatic heterocycles. The van der Waals surface area contributed by atoms with Crippen LogP contribution in [0.25, 0.3) is 22.2 Å². The molecule has 5 rings (SSSR count). The number of benzene rings is 1. The van der Waals surface area contributed by atoms with E-state index in [0.29, 0.717) is 29.4 Å². The van der Waals surface area contributed by atoms with Crippen molar-refractivity contribution in [1.29, 1.82) is 0 Å². The van der Waals surface area contributed by atoms with Crippen LogP contribution >= 0.6 is 0 Å². The number of nitrogens with one attached hydrogen (secondary N) is 1. The van der Waals surface area contributed by atoms with Crippen LogP contribution in [0.3, 0.4) is 0 Å². The molecule has 0 saturated carbocycles. The van der Waals surface area contributed by atoms with Gasteiger partial charge in [0, 0.05) is 36.1 Å². The van der Waals surface area contributed by atoms with Gasteiger partial charge in [-0.15, -0.1) is 10.2 Å². The lowest BCUT2D eigenvalue weighted by Gasteiger charge is -2.36. The SMILES string of the molecule is CN(c1ccc(-c2cc3nnccc3cc2O)nn1)C1CC2CCC(C1)N2. The van der Waals surface area contributed by atoms with Crippen molar-refractivity contribution in [1.82, 2.24) is 25.7 Å². The van der Waals surface area contributed by atoms with Gasteiger partial charge in [-0.2, -0.15) is 10.2 Å². The highest BCUT2D eigenvalue weighted by molar-refractivity contribution is 5.86. The van der Waals surface area contributed by atoms with Crippen molar-refractivity contribution in [3.05, 3.63) is 36.5 Å². The molecule has 138 valence electrons. The number of rotatable bonds is 3. The molecule has 7 nitrogen and oxygen atoms in total. The van der Waals surface area contributed by atoms with Crippen molar-refractivity contribution in [2.24, 2.45) is 0 Å². The molecule has 2 N–H and O–H groups in total. The molecule has 3 aromatic rings. The molecule has 0 radical (unpaired) electrons. The Bertz CT molecular complexity index is 964. The van der Waals surface area contributed by atoms with Gasteiger partial charge in [0.1, 0.15) is 5.75 Å². The van der Waals surface area contributed by atoms with E-state index in [1.807, 2.05) is 18.2 Å². The van der Waals surface area contributed by atoms with Crippen molar-refractivity contribution in [3.63, 3.8) is 0 Å². The number of fused-ring (bicyclic) bond motifs is 3. The smallest absolute Gasteiger partial charge is 0.151 e. The monoisotopic (exact) mass is 362 g/mol. The predicted molar refractivity (Wildman–Crippen MR) is 104 cm³/mol. The molecule has 1 aromatic carbocycles. The van der Waals surface area contributed by atoms with Gasteiger partial charge >= 0.3 is 0 Å². The third kappa shape index (κ3) is 2.98. The highest BCUT2D eigenvalue weighted by Crippen LogP contribution is 2.33. The average Bonchev–Trinajstić information content (AvgIpc) is 3.04. The first-order valence-electron chi connectivity index (χ1n) is 9.45. The Morgan fingerprint density at radius 1 is 1.04 bits per heavy atom. The topological polar surface area (TPSA) is 87.1 Å². The van der Waals surface area contributed by atoms with E-state index in [4.69, 9.17) is 0 Å². The highest BCUT2D eigenvalue weighted by Gasteiger charge is 2.35. The molecule has 7 heteroatoms. The number of hydrogen-bond donors (Lipinski definition) is 2. The van der Waals surface area contributed by atoms with E-state index in [0.717, 1.165) is 29.6 Å². The maximum absolute atomic E-state index is 10.4. The fourth-order valence-electron chi connectivity index (χ4n) is 4.41. The zero-order valence-corrected chi connectivity index (χ0v) is 15.2. The van der Waals surface area contributed by atoms with Gasteiger partial charge in [0.05, 0.1) is 17.4 Å². The summed E-state index contributed by atoms with van der Waals surface area (Å²) in [6.45, 7) is 0. The van der Waals surface area contributed by atoms with Gasteiger partial charge in [-0.1, -0.05) is 0 Å². The van der Waals surface area contributed by atoms with E-state index in [1.165, 1.54) is 12.8 Å². The van der Waals surface area contributed by atoms with Crippen molar-refractivity contribution in [2.75, 3.05) is 11.9 Å². The number of aromatic nitrogens is 4. The third-order valence-electron chi connectivity index (χ3n) is 5.91. The van der Waals surface area contributed by atoms with Crippen molar-refractivity contribution in [3.8, 4) is 17.0 Å². The van der Waals surface area contributed by atoms with Gasteiger partial charge in [0.2, 0.25) is 0 Å². The molecule has 4 heterocycles. The molecular weight excluding hydrogens is 340 g/mol. The Morgan fingerprint density at radius 3 is 2.59 bits per heavy atom. The summed E-state index contributed by atoms with van der Waals surface area (Å²) in [5, 5.41) is 31.7. The number of nitrogens with zero attached hydrogens (tertiary/aromatic N) is 5. The van der Waals surface area contributed by atoms with Crippen LogP contribution in [0.2, 0.25) is 0 Å². The van der Waals surface area contributed by atoms with E-state index in [2.05, 4.69) is 37.7 Å². The zero-order chi connectivity index (χ0) is 18.4. The first-order chi connectivity index (χ1) is 13.2. The Hall–Kier alpha value is -2.80. The summed E-state index contributed by atoms with van der Waals surface area (Å²) >= 11 is 0. The van der Waals surface area contributed by atoms with Gasteiger partial charge < -0.3 is 15.3 Å². The number of phenolic OH excluding ortho intramolecular Hbond substituents is 1. The van der Waals surface area contributed by atoms with Gasteiger partial charge in [0.25, 0.3) is 0 Å². The fraction of sp³-hybridized carbons (Fsp3) is 0.400. The van der Waals surface area contributed by atoms with Gasteiger partial charge in [-0.25, -0.2) is 0 Å². The second kappa shape index (κ2) is 6.42. The molecule has 2 aromatic heterocycles. The van der Waals surface area contributed by atoms with E-state index < -0.39 is 0 Å². The van der Waals surface area contributed by atoms with Crippen LogP contribution in [0.1, 0.15) is 25.7 Å². The molecule has 0 aliphatic carbocycles. The second-order valence-corrected chi connectivity index (χ2v) is 7.61. The standard InChI is InChI=1S/C20H22N6O/c1-26(15-9-13-2-3-14(10-15)22-13)20-5-4-17(24-25-20)16-11-18-12(8-19(16)27)6-7-21-23-18/h4-8,11,13-15,22,27H,2-3,9-10H2,1H3. The Balaban J connectivity index is 1.41. The van der Waals surface area contributed by atoms with Crippen LogP contribution in [0, 0.1) is 0 Å². The van der Waals surface area contributed by atoms with Crippen molar-refractivity contribution in [2.45, 2.75) is 43.8 Å². The molecule has 2 aliphatic rings. The summed E-state index contributed by atoms with van der Waals surface area (Å²) in [6.07, 6.45) is 6.48. The lowest BCUT2D eigenvalue weighted by atomic mass is 9.98. The van der Waals surface area contributed by atoms with Gasteiger partial charge in [-0.3, -0.25) is 0 Å². The molecule has 2 atom stereocenters. The Kier molecular flexibility index (Phi) is 3.89. The third-order valence-corrected chi connectivity index (χ3v) is 5.91.